The summed E-state index contributed by atoms with van der Waals surface area (Å²) in [5.74, 6) is 1.73. The third-order valence-electron chi connectivity index (χ3n) is 5.37. The molecule has 0 N–H and O–H groups in total. The van der Waals surface area contributed by atoms with E-state index < -0.39 is 0 Å². The Morgan fingerprint density at radius 2 is 1.77 bits per heavy atom. The van der Waals surface area contributed by atoms with Crippen LogP contribution in [0, 0.1) is 18.3 Å². The molecule has 0 fully saturated rings. The van der Waals surface area contributed by atoms with Crippen LogP contribution in [0.2, 0.25) is 0 Å². The molecule has 2 aromatic heterocycles. The molecule has 0 saturated carbocycles. The molecular formula is C25H25N5. The highest BCUT2D eigenvalue weighted by molar-refractivity contribution is 5.70. The zero-order valence-corrected chi connectivity index (χ0v) is 17.7. The summed E-state index contributed by atoms with van der Waals surface area (Å²) in [6.45, 7) is 6.24. The number of hydrogen-bond donors (Lipinski definition) is 0. The maximum Gasteiger partial charge on any atom is 0.163 e. The third kappa shape index (κ3) is 3.69. The summed E-state index contributed by atoms with van der Waals surface area (Å²) >= 11 is 0. The first-order chi connectivity index (χ1) is 14.6. The van der Waals surface area contributed by atoms with E-state index in [0.717, 1.165) is 65.4 Å². The van der Waals surface area contributed by atoms with Gasteiger partial charge in [-0.2, -0.15) is 9.78 Å². The first kappa shape index (κ1) is 19.8. The number of rotatable bonds is 6. The lowest BCUT2D eigenvalue weighted by atomic mass is 9.97. The van der Waals surface area contributed by atoms with Crippen molar-refractivity contribution in [2.45, 2.75) is 46.5 Å². The summed E-state index contributed by atoms with van der Waals surface area (Å²) in [7, 11) is 0. The summed E-state index contributed by atoms with van der Waals surface area (Å²) in [5.41, 5.74) is 7.07. The molecule has 4 rings (SSSR count). The van der Waals surface area contributed by atoms with Crippen molar-refractivity contribution < 1.29 is 0 Å². The standard InChI is InChI=1S/C25H25N5/c1-4-8-23-22(25-28-24(5-2)29-30(25)17(3)27-23)15-18-11-13-19(14-12-18)21-10-7-6-9-20(21)16-26/h6-7,9-14H,4-5,8,15H2,1-3H3. The second-order valence-electron chi connectivity index (χ2n) is 7.48. The summed E-state index contributed by atoms with van der Waals surface area (Å²) in [5, 5.41) is 14.0. The van der Waals surface area contributed by atoms with Gasteiger partial charge in [-0.25, -0.2) is 9.97 Å². The number of benzene rings is 2. The minimum atomic E-state index is 0.690. The van der Waals surface area contributed by atoms with Gasteiger partial charge in [0.2, 0.25) is 0 Å². The van der Waals surface area contributed by atoms with E-state index >= 15 is 0 Å². The summed E-state index contributed by atoms with van der Waals surface area (Å²) in [4.78, 5) is 9.64. The van der Waals surface area contributed by atoms with E-state index in [4.69, 9.17) is 9.97 Å². The topological polar surface area (TPSA) is 66.9 Å². The Kier molecular flexibility index (Phi) is 5.58. The first-order valence-corrected chi connectivity index (χ1v) is 10.5. The Bertz CT molecular complexity index is 1230. The van der Waals surface area contributed by atoms with Crippen molar-refractivity contribution >= 4 is 5.65 Å². The quantitative estimate of drug-likeness (QED) is 0.457. The van der Waals surface area contributed by atoms with E-state index in [1.165, 1.54) is 5.56 Å². The highest BCUT2D eigenvalue weighted by Gasteiger charge is 2.16. The molecule has 0 aliphatic carbocycles. The van der Waals surface area contributed by atoms with Crippen molar-refractivity contribution in [2.75, 3.05) is 0 Å². The average Bonchev–Trinajstić information content (AvgIpc) is 3.22. The largest absolute Gasteiger partial charge is 0.238 e. The smallest absolute Gasteiger partial charge is 0.163 e. The molecule has 5 heteroatoms. The van der Waals surface area contributed by atoms with Crippen LogP contribution in [0.5, 0.6) is 0 Å². The molecule has 0 spiro atoms. The molecule has 150 valence electrons. The van der Waals surface area contributed by atoms with Crippen LogP contribution in [-0.4, -0.2) is 19.6 Å². The van der Waals surface area contributed by atoms with Crippen LogP contribution in [0.4, 0.5) is 0 Å². The normalized spacial score (nSPS) is 11.0. The summed E-state index contributed by atoms with van der Waals surface area (Å²) < 4.78 is 1.88. The molecule has 0 aliphatic heterocycles. The van der Waals surface area contributed by atoms with Gasteiger partial charge in [0.15, 0.2) is 11.5 Å². The van der Waals surface area contributed by atoms with Gasteiger partial charge < -0.3 is 0 Å². The van der Waals surface area contributed by atoms with Crippen LogP contribution in [0.15, 0.2) is 48.5 Å². The first-order valence-electron chi connectivity index (χ1n) is 10.5. The fourth-order valence-corrected chi connectivity index (χ4v) is 3.83. The van der Waals surface area contributed by atoms with Crippen molar-refractivity contribution in [1.29, 1.82) is 5.26 Å². The van der Waals surface area contributed by atoms with Gasteiger partial charge in [0.05, 0.1) is 11.6 Å². The predicted octanol–water partition coefficient (Wildman–Crippen LogP) is 5.08. The van der Waals surface area contributed by atoms with Crippen molar-refractivity contribution in [2.24, 2.45) is 0 Å². The van der Waals surface area contributed by atoms with Gasteiger partial charge in [0, 0.05) is 24.1 Å². The monoisotopic (exact) mass is 395 g/mol. The lowest BCUT2D eigenvalue weighted by molar-refractivity contribution is 0.781. The van der Waals surface area contributed by atoms with Crippen LogP contribution < -0.4 is 0 Å². The average molecular weight is 396 g/mol. The van der Waals surface area contributed by atoms with Gasteiger partial charge in [-0.15, -0.1) is 5.10 Å². The van der Waals surface area contributed by atoms with Crippen molar-refractivity contribution in [3.63, 3.8) is 0 Å². The number of nitrogens with zero attached hydrogens (tertiary/aromatic N) is 5. The fraction of sp³-hybridized carbons (Fsp3) is 0.280. The van der Waals surface area contributed by atoms with E-state index in [9.17, 15) is 5.26 Å². The van der Waals surface area contributed by atoms with Crippen LogP contribution in [0.25, 0.3) is 16.8 Å². The van der Waals surface area contributed by atoms with Crippen LogP contribution in [-0.2, 0) is 19.3 Å². The molecule has 30 heavy (non-hydrogen) atoms. The second-order valence-corrected chi connectivity index (χ2v) is 7.48. The maximum atomic E-state index is 9.38. The van der Waals surface area contributed by atoms with E-state index in [0.29, 0.717) is 5.56 Å². The lowest BCUT2D eigenvalue weighted by Crippen LogP contribution is -2.08. The second kappa shape index (κ2) is 8.46. The number of hydrogen-bond acceptors (Lipinski definition) is 4. The molecule has 0 bridgehead atoms. The van der Waals surface area contributed by atoms with Crippen LogP contribution in [0.1, 0.15) is 54.3 Å². The molecule has 0 saturated heterocycles. The molecule has 0 aliphatic rings. The number of aromatic nitrogens is 4. The zero-order valence-electron chi connectivity index (χ0n) is 17.7. The van der Waals surface area contributed by atoms with E-state index in [1.54, 1.807) is 0 Å². The summed E-state index contributed by atoms with van der Waals surface area (Å²) in [6.07, 6.45) is 3.52. The Balaban J connectivity index is 1.73. The Morgan fingerprint density at radius 1 is 1.00 bits per heavy atom. The van der Waals surface area contributed by atoms with Gasteiger partial charge in [0.25, 0.3) is 0 Å². The van der Waals surface area contributed by atoms with E-state index in [1.807, 2.05) is 35.7 Å². The highest BCUT2D eigenvalue weighted by atomic mass is 15.3. The van der Waals surface area contributed by atoms with Gasteiger partial charge >= 0.3 is 0 Å². The van der Waals surface area contributed by atoms with Gasteiger partial charge in [-0.05, 0) is 36.1 Å². The lowest BCUT2D eigenvalue weighted by Gasteiger charge is -2.12. The van der Waals surface area contributed by atoms with E-state index in [2.05, 4.69) is 49.3 Å². The van der Waals surface area contributed by atoms with Crippen LogP contribution in [0.3, 0.4) is 0 Å². The molecule has 0 radical (unpaired) electrons. The molecule has 5 nitrogen and oxygen atoms in total. The third-order valence-corrected chi connectivity index (χ3v) is 5.37. The van der Waals surface area contributed by atoms with Crippen molar-refractivity contribution in [1.82, 2.24) is 19.6 Å². The minimum absolute atomic E-state index is 0.690. The fourth-order valence-electron chi connectivity index (χ4n) is 3.83. The molecule has 0 amide bonds. The van der Waals surface area contributed by atoms with Gasteiger partial charge in [0.1, 0.15) is 5.82 Å². The summed E-state index contributed by atoms with van der Waals surface area (Å²) in [6, 6.07) is 18.4. The Morgan fingerprint density at radius 3 is 2.47 bits per heavy atom. The van der Waals surface area contributed by atoms with Crippen LogP contribution >= 0.6 is 0 Å². The molecule has 0 unspecified atom stereocenters. The Hall–Kier alpha value is -3.52. The predicted molar refractivity (Wildman–Crippen MR) is 118 cm³/mol. The van der Waals surface area contributed by atoms with Crippen molar-refractivity contribution in [3.05, 3.63) is 82.6 Å². The number of aryl methyl sites for hydroxylation is 3. The number of fused-ring (bicyclic) bond motifs is 1. The molecule has 2 aromatic carbocycles. The molecule has 2 heterocycles. The molecular weight excluding hydrogens is 370 g/mol. The zero-order chi connectivity index (χ0) is 21.1. The van der Waals surface area contributed by atoms with Crippen molar-refractivity contribution in [3.8, 4) is 17.2 Å². The Labute approximate surface area is 177 Å². The van der Waals surface area contributed by atoms with Gasteiger partial charge in [-0.1, -0.05) is 62.7 Å². The SMILES string of the molecule is CCCc1nc(C)n2nc(CC)nc2c1Cc1ccc(-c2ccccc2C#N)cc1. The maximum absolute atomic E-state index is 9.38. The van der Waals surface area contributed by atoms with Gasteiger partial charge in [-0.3, -0.25) is 0 Å². The van der Waals surface area contributed by atoms with E-state index in [-0.39, 0.29) is 0 Å². The minimum Gasteiger partial charge on any atom is -0.238 e. The molecule has 4 aromatic rings. The highest BCUT2D eigenvalue weighted by Crippen LogP contribution is 2.26. The number of nitriles is 1. The molecule has 0 atom stereocenters.